The van der Waals surface area contributed by atoms with E-state index in [9.17, 15) is 9.59 Å². The van der Waals surface area contributed by atoms with E-state index in [4.69, 9.17) is 5.11 Å². The van der Waals surface area contributed by atoms with Crippen LogP contribution in [0, 0.1) is 0 Å². The van der Waals surface area contributed by atoms with E-state index in [0.717, 1.165) is 24.1 Å². The predicted octanol–water partition coefficient (Wildman–Crippen LogP) is 2.75. The first-order valence-corrected chi connectivity index (χ1v) is 7.73. The molecule has 0 aliphatic rings. The van der Waals surface area contributed by atoms with Crippen molar-refractivity contribution in [2.24, 2.45) is 0 Å². The monoisotopic (exact) mass is 298 g/mol. The number of carbonyl (C=O) groups is 2. The summed E-state index contributed by atoms with van der Waals surface area (Å²) in [6.45, 7) is 4.50. The van der Waals surface area contributed by atoms with Crippen molar-refractivity contribution in [2.45, 2.75) is 52.1 Å². The molecular weight excluding hydrogens is 276 g/mol. The van der Waals surface area contributed by atoms with Gasteiger partial charge in [-0.25, -0.2) is 9.59 Å². The number of rotatable bonds is 8. The third-order valence-corrected chi connectivity index (χ3v) is 4.17. The Morgan fingerprint density at radius 3 is 2.55 bits per heavy atom. The fraction of sp³-hybridized carbons (Fsp3) is 0.571. The number of carboxylic acid groups (broad SMARTS) is 1. The fourth-order valence-electron chi connectivity index (χ4n) is 1.75. The van der Waals surface area contributed by atoms with Crippen molar-refractivity contribution in [3.05, 3.63) is 21.9 Å². The number of aliphatic carboxylic acids is 1. The molecule has 5 nitrogen and oxygen atoms in total. The molecule has 20 heavy (non-hydrogen) atoms. The molecule has 0 aromatic carbocycles. The highest BCUT2D eigenvalue weighted by molar-refractivity contribution is 7.11. The Bertz CT molecular complexity index is 445. The number of amides is 2. The molecule has 3 N–H and O–H groups in total. The van der Waals surface area contributed by atoms with Gasteiger partial charge in [-0.1, -0.05) is 26.7 Å². The van der Waals surface area contributed by atoms with Crippen molar-refractivity contribution in [2.75, 3.05) is 0 Å². The first-order chi connectivity index (χ1) is 9.56. The number of hydrogen-bond donors (Lipinski definition) is 3. The number of hydrogen-bond acceptors (Lipinski definition) is 3. The lowest BCUT2D eigenvalue weighted by Gasteiger charge is -2.14. The molecule has 0 bridgehead atoms. The Morgan fingerprint density at radius 2 is 2.00 bits per heavy atom. The molecule has 1 atom stereocenters. The van der Waals surface area contributed by atoms with E-state index < -0.39 is 18.0 Å². The van der Waals surface area contributed by atoms with E-state index in [1.807, 2.05) is 19.1 Å². The van der Waals surface area contributed by atoms with Crippen LogP contribution < -0.4 is 10.6 Å². The number of unbranched alkanes of at least 4 members (excludes halogenated alkanes) is 1. The highest BCUT2D eigenvalue weighted by Crippen LogP contribution is 2.16. The second-order valence-corrected chi connectivity index (χ2v) is 5.83. The Balaban J connectivity index is 2.39. The van der Waals surface area contributed by atoms with Gasteiger partial charge in [-0.3, -0.25) is 0 Å². The van der Waals surface area contributed by atoms with Gasteiger partial charge in [0, 0.05) is 9.75 Å². The third kappa shape index (κ3) is 5.61. The van der Waals surface area contributed by atoms with Crippen LogP contribution in [-0.4, -0.2) is 23.1 Å². The summed E-state index contributed by atoms with van der Waals surface area (Å²) in [5.74, 6) is -0.988. The number of carbonyl (C=O) groups excluding carboxylic acids is 1. The zero-order chi connectivity index (χ0) is 15.0. The lowest BCUT2D eigenvalue weighted by atomic mass is 10.1. The van der Waals surface area contributed by atoms with Gasteiger partial charge < -0.3 is 15.7 Å². The molecular formula is C14H22N2O3S. The zero-order valence-corrected chi connectivity index (χ0v) is 12.8. The summed E-state index contributed by atoms with van der Waals surface area (Å²) in [5, 5.41) is 14.2. The molecule has 1 aromatic heterocycles. The second kappa shape index (κ2) is 8.58. The fourth-order valence-corrected chi connectivity index (χ4v) is 2.65. The lowest BCUT2D eigenvalue weighted by molar-refractivity contribution is -0.139. The van der Waals surface area contributed by atoms with Gasteiger partial charge in [0.1, 0.15) is 6.04 Å². The molecule has 0 saturated carbocycles. The number of aryl methyl sites for hydroxylation is 1. The van der Waals surface area contributed by atoms with Crippen LogP contribution in [0.1, 0.15) is 42.9 Å². The molecule has 0 radical (unpaired) electrons. The molecule has 112 valence electrons. The average molecular weight is 298 g/mol. The van der Waals surface area contributed by atoms with Crippen LogP contribution in [0.2, 0.25) is 0 Å². The SMILES string of the molecule is CCCC[C@H](NC(=O)NCc1ccc(CC)s1)C(=O)O. The topological polar surface area (TPSA) is 78.4 Å². The molecule has 0 saturated heterocycles. The van der Waals surface area contributed by atoms with E-state index in [-0.39, 0.29) is 0 Å². The van der Waals surface area contributed by atoms with Gasteiger partial charge >= 0.3 is 12.0 Å². The predicted molar refractivity (Wildman–Crippen MR) is 80.0 cm³/mol. The largest absolute Gasteiger partial charge is 0.480 e. The van der Waals surface area contributed by atoms with Crippen molar-refractivity contribution in [3.63, 3.8) is 0 Å². The summed E-state index contributed by atoms with van der Waals surface area (Å²) in [7, 11) is 0. The summed E-state index contributed by atoms with van der Waals surface area (Å²) < 4.78 is 0. The van der Waals surface area contributed by atoms with Crippen LogP contribution in [0.3, 0.4) is 0 Å². The van der Waals surface area contributed by atoms with Gasteiger partial charge in [-0.15, -0.1) is 11.3 Å². The first kappa shape index (κ1) is 16.5. The Kier molecular flexibility index (Phi) is 7.08. The van der Waals surface area contributed by atoms with E-state index in [0.29, 0.717) is 13.0 Å². The Hall–Kier alpha value is -1.56. The smallest absolute Gasteiger partial charge is 0.326 e. The molecule has 0 fully saturated rings. The molecule has 6 heteroatoms. The van der Waals surface area contributed by atoms with Crippen LogP contribution in [0.5, 0.6) is 0 Å². The molecule has 1 heterocycles. The number of thiophene rings is 1. The van der Waals surface area contributed by atoms with E-state index >= 15 is 0 Å². The van der Waals surface area contributed by atoms with Crippen LogP contribution in [0.15, 0.2) is 12.1 Å². The molecule has 2 amide bonds. The standard InChI is InChI=1S/C14H22N2O3S/c1-3-5-6-12(13(17)18)16-14(19)15-9-11-8-7-10(4-2)20-11/h7-8,12H,3-6,9H2,1-2H3,(H,17,18)(H2,15,16,19)/t12-/m0/s1. The van der Waals surface area contributed by atoms with Crippen LogP contribution in [0.25, 0.3) is 0 Å². The van der Waals surface area contributed by atoms with Crippen molar-refractivity contribution in [1.29, 1.82) is 0 Å². The Morgan fingerprint density at radius 1 is 1.30 bits per heavy atom. The molecule has 1 rings (SSSR count). The third-order valence-electron chi connectivity index (χ3n) is 2.94. The number of nitrogens with one attached hydrogen (secondary N) is 2. The molecule has 0 unspecified atom stereocenters. The highest BCUT2D eigenvalue weighted by Gasteiger charge is 2.18. The van der Waals surface area contributed by atoms with Crippen molar-refractivity contribution in [3.8, 4) is 0 Å². The first-order valence-electron chi connectivity index (χ1n) is 6.91. The second-order valence-electron chi connectivity index (χ2n) is 4.58. The summed E-state index contributed by atoms with van der Waals surface area (Å²) >= 11 is 1.66. The molecule has 0 spiro atoms. The summed E-state index contributed by atoms with van der Waals surface area (Å²) in [6, 6.07) is 2.78. The maximum atomic E-state index is 11.7. The lowest BCUT2D eigenvalue weighted by Crippen LogP contribution is -2.45. The van der Waals surface area contributed by atoms with Gasteiger partial charge in [0.15, 0.2) is 0 Å². The molecule has 0 aliphatic heterocycles. The van der Waals surface area contributed by atoms with Crippen LogP contribution in [0.4, 0.5) is 4.79 Å². The molecule has 1 aromatic rings. The summed E-state index contributed by atoms with van der Waals surface area (Å²) in [4.78, 5) is 25.0. The van der Waals surface area contributed by atoms with Crippen molar-refractivity contribution >= 4 is 23.3 Å². The minimum absolute atomic E-state index is 0.427. The average Bonchev–Trinajstić information content (AvgIpc) is 2.88. The maximum absolute atomic E-state index is 11.7. The van der Waals surface area contributed by atoms with Gasteiger partial charge in [-0.05, 0) is 25.0 Å². The number of urea groups is 1. The normalized spacial score (nSPS) is 11.9. The quantitative estimate of drug-likeness (QED) is 0.690. The minimum atomic E-state index is -0.988. The molecule has 0 aliphatic carbocycles. The van der Waals surface area contributed by atoms with Gasteiger partial charge in [0.2, 0.25) is 0 Å². The zero-order valence-electron chi connectivity index (χ0n) is 11.9. The van der Waals surface area contributed by atoms with Crippen molar-refractivity contribution < 1.29 is 14.7 Å². The Labute approximate surface area is 123 Å². The maximum Gasteiger partial charge on any atom is 0.326 e. The van der Waals surface area contributed by atoms with Gasteiger partial charge in [-0.2, -0.15) is 0 Å². The van der Waals surface area contributed by atoms with E-state index in [2.05, 4.69) is 17.6 Å². The van der Waals surface area contributed by atoms with Crippen LogP contribution >= 0.6 is 11.3 Å². The number of carboxylic acids is 1. The van der Waals surface area contributed by atoms with E-state index in [1.54, 1.807) is 11.3 Å². The summed E-state index contributed by atoms with van der Waals surface area (Å²) in [6.07, 6.45) is 3.12. The minimum Gasteiger partial charge on any atom is -0.480 e. The highest BCUT2D eigenvalue weighted by atomic mass is 32.1. The van der Waals surface area contributed by atoms with E-state index in [1.165, 1.54) is 4.88 Å². The van der Waals surface area contributed by atoms with Crippen molar-refractivity contribution in [1.82, 2.24) is 10.6 Å². The van der Waals surface area contributed by atoms with Gasteiger partial charge in [0.05, 0.1) is 6.54 Å². The van der Waals surface area contributed by atoms with Gasteiger partial charge in [0.25, 0.3) is 0 Å². The van der Waals surface area contributed by atoms with Crippen LogP contribution in [-0.2, 0) is 17.8 Å². The summed E-state index contributed by atoms with van der Waals surface area (Å²) in [5.41, 5.74) is 0.